The van der Waals surface area contributed by atoms with Crippen LogP contribution in [-0.2, 0) is 0 Å². The van der Waals surface area contributed by atoms with Crippen molar-refractivity contribution in [3.8, 4) is 0 Å². The lowest BCUT2D eigenvalue weighted by atomic mass is 9.98. The van der Waals surface area contributed by atoms with Crippen LogP contribution in [0.25, 0.3) is 0 Å². The van der Waals surface area contributed by atoms with E-state index in [2.05, 4.69) is 5.32 Å². The van der Waals surface area contributed by atoms with E-state index < -0.39 is 5.60 Å². The molecule has 0 aromatic rings. The third kappa shape index (κ3) is 2.45. The zero-order chi connectivity index (χ0) is 6.91. The minimum Gasteiger partial charge on any atom is -0.389 e. The number of halogens is 1. The Hall–Kier alpha value is 0.210. The first-order chi connectivity index (χ1) is 4.11. The largest absolute Gasteiger partial charge is 0.389 e. The molecule has 0 spiro atoms. The van der Waals surface area contributed by atoms with E-state index in [-0.39, 0.29) is 12.4 Å². The van der Waals surface area contributed by atoms with Gasteiger partial charge in [-0.15, -0.1) is 12.4 Å². The Morgan fingerprint density at radius 2 is 2.10 bits per heavy atom. The quantitative estimate of drug-likeness (QED) is 0.606. The molecule has 3 heteroatoms. The van der Waals surface area contributed by atoms with E-state index in [1.54, 1.807) is 0 Å². The van der Waals surface area contributed by atoms with Gasteiger partial charge in [0.2, 0.25) is 0 Å². The number of rotatable bonds is 1. The Morgan fingerprint density at radius 3 is 2.30 bits per heavy atom. The highest BCUT2D eigenvalue weighted by atomic mass is 35.5. The predicted molar refractivity (Wildman–Crippen MR) is 44.6 cm³/mol. The molecule has 0 aromatic carbocycles. The predicted octanol–water partition coefficient (Wildman–Crippen LogP) is 0.931. The Balaban J connectivity index is 0.000000810. The van der Waals surface area contributed by atoms with Gasteiger partial charge in [-0.05, 0) is 33.2 Å². The van der Waals surface area contributed by atoms with E-state index in [0.717, 1.165) is 13.0 Å². The molecule has 2 N–H and O–H groups in total. The van der Waals surface area contributed by atoms with Gasteiger partial charge in [-0.1, -0.05) is 0 Å². The van der Waals surface area contributed by atoms with Crippen molar-refractivity contribution in [2.75, 3.05) is 6.54 Å². The summed E-state index contributed by atoms with van der Waals surface area (Å²) in [6, 6.07) is 0.317. The molecule has 0 saturated carbocycles. The molecule has 62 valence electrons. The molecule has 1 fully saturated rings. The Bertz CT molecular complexity index is 94.3. The van der Waals surface area contributed by atoms with Crippen molar-refractivity contribution < 1.29 is 5.11 Å². The SMILES string of the molecule is CC(C)(O)C1CCCN1.Cl. The Kier molecular flexibility index (Phi) is 3.63. The third-order valence-corrected chi connectivity index (χ3v) is 1.91. The van der Waals surface area contributed by atoms with E-state index in [0.29, 0.717) is 6.04 Å². The second-order valence-electron chi connectivity index (χ2n) is 3.30. The van der Waals surface area contributed by atoms with E-state index >= 15 is 0 Å². The minimum absolute atomic E-state index is 0. The van der Waals surface area contributed by atoms with Gasteiger partial charge in [0.25, 0.3) is 0 Å². The maximum absolute atomic E-state index is 9.45. The van der Waals surface area contributed by atoms with Gasteiger partial charge in [0.15, 0.2) is 0 Å². The van der Waals surface area contributed by atoms with Gasteiger partial charge in [0.1, 0.15) is 0 Å². The summed E-state index contributed by atoms with van der Waals surface area (Å²) < 4.78 is 0. The summed E-state index contributed by atoms with van der Waals surface area (Å²) in [7, 11) is 0. The Labute approximate surface area is 68.4 Å². The van der Waals surface area contributed by atoms with Crippen molar-refractivity contribution in [1.29, 1.82) is 0 Å². The molecule has 1 atom stereocenters. The molecule has 1 saturated heterocycles. The van der Waals surface area contributed by atoms with E-state index in [1.807, 2.05) is 13.8 Å². The van der Waals surface area contributed by atoms with Crippen molar-refractivity contribution in [1.82, 2.24) is 5.32 Å². The average Bonchev–Trinajstić information content (AvgIpc) is 2.08. The average molecular weight is 166 g/mol. The molecule has 1 aliphatic heterocycles. The molecule has 1 unspecified atom stereocenters. The van der Waals surface area contributed by atoms with Gasteiger partial charge in [0, 0.05) is 6.04 Å². The van der Waals surface area contributed by atoms with Crippen LogP contribution in [0.5, 0.6) is 0 Å². The topological polar surface area (TPSA) is 32.3 Å². The summed E-state index contributed by atoms with van der Waals surface area (Å²) in [5.74, 6) is 0. The number of nitrogens with one attached hydrogen (secondary N) is 1. The fraction of sp³-hybridized carbons (Fsp3) is 1.00. The van der Waals surface area contributed by atoms with Crippen molar-refractivity contribution >= 4 is 12.4 Å². The zero-order valence-electron chi connectivity index (χ0n) is 6.55. The van der Waals surface area contributed by atoms with Crippen LogP contribution in [0.4, 0.5) is 0 Å². The monoisotopic (exact) mass is 165 g/mol. The minimum atomic E-state index is -0.531. The Morgan fingerprint density at radius 1 is 1.50 bits per heavy atom. The first kappa shape index (κ1) is 10.2. The number of aliphatic hydroxyl groups is 1. The van der Waals surface area contributed by atoms with Crippen LogP contribution < -0.4 is 5.32 Å². The molecular weight excluding hydrogens is 150 g/mol. The second-order valence-corrected chi connectivity index (χ2v) is 3.30. The van der Waals surface area contributed by atoms with Crippen molar-refractivity contribution in [2.45, 2.75) is 38.3 Å². The fourth-order valence-electron chi connectivity index (χ4n) is 1.29. The fourth-order valence-corrected chi connectivity index (χ4v) is 1.29. The summed E-state index contributed by atoms with van der Waals surface area (Å²) in [5.41, 5.74) is -0.531. The summed E-state index contributed by atoms with van der Waals surface area (Å²) in [6.07, 6.45) is 2.32. The molecule has 0 bridgehead atoms. The van der Waals surface area contributed by atoms with Gasteiger partial charge >= 0.3 is 0 Å². The highest BCUT2D eigenvalue weighted by Crippen LogP contribution is 2.17. The molecule has 2 nitrogen and oxygen atoms in total. The normalized spacial score (nSPS) is 26.1. The first-order valence-corrected chi connectivity index (χ1v) is 3.56. The molecular formula is C7H16ClNO. The smallest absolute Gasteiger partial charge is 0.0744 e. The molecule has 1 aliphatic rings. The highest BCUT2D eigenvalue weighted by Gasteiger charge is 2.28. The van der Waals surface area contributed by atoms with Gasteiger partial charge in [-0.25, -0.2) is 0 Å². The lowest BCUT2D eigenvalue weighted by molar-refractivity contribution is 0.0449. The maximum Gasteiger partial charge on any atom is 0.0744 e. The van der Waals surface area contributed by atoms with E-state index in [4.69, 9.17) is 0 Å². The van der Waals surface area contributed by atoms with E-state index in [9.17, 15) is 5.11 Å². The molecule has 0 amide bonds. The lowest BCUT2D eigenvalue weighted by Gasteiger charge is -2.25. The highest BCUT2D eigenvalue weighted by molar-refractivity contribution is 5.85. The molecule has 0 aromatic heterocycles. The summed E-state index contributed by atoms with van der Waals surface area (Å²) in [6.45, 7) is 4.78. The van der Waals surface area contributed by atoms with Crippen LogP contribution in [0.2, 0.25) is 0 Å². The van der Waals surface area contributed by atoms with Crippen LogP contribution in [0.15, 0.2) is 0 Å². The molecule has 0 aliphatic carbocycles. The summed E-state index contributed by atoms with van der Waals surface area (Å²) in [4.78, 5) is 0. The lowest BCUT2D eigenvalue weighted by Crippen LogP contribution is -2.42. The first-order valence-electron chi connectivity index (χ1n) is 3.56. The van der Waals surface area contributed by atoms with Gasteiger partial charge in [-0.2, -0.15) is 0 Å². The standard InChI is InChI=1S/C7H15NO.ClH/c1-7(2,9)6-4-3-5-8-6;/h6,8-9H,3-5H2,1-2H3;1H. The number of hydrogen-bond donors (Lipinski definition) is 2. The summed E-state index contributed by atoms with van der Waals surface area (Å²) >= 11 is 0. The van der Waals surface area contributed by atoms with Crippen LogP contribution in [-0.4, -0.2) is 23.3 Å². The zero-order valence-corrected chi connectivity index (χ0v) is 7.37. The van der Waals surface area contributed by atoms with E-state index in [1.165, 1.54) is 6.42 Å². The van der Waals surface area contributed by atoms with Gasteiger partial charge < -0.3 is 10.4 Å². The molecule has 10 heavy (non-hydrogen) atoms. The second kappa shape index (κ2) is 3.56. The number of hydrogen-bond acceptors (Lipinski definition) is 2. The van der Waals surface area contributed by atoms with Crippen molar-refractivity contribution in [3.63, 3.8) is 0 Å². The van der Waals surface area contributed by atoms with Crippen LogP contribution >= 0.6 is 12.4 Å². The van der Waals surface area contributed by atoms with Crippen LogP contribution in [0.1, 0.15) is 26.7 Å². The van der Waals surface area contributed by atoms with Crippen molar-refractivity contribution in [2.24, 2.45) is 0 Å². The third-order valence-electron chi connectivity index (χ3n) is 1.91. The summed E-state index contributed by atoms with van der Waals surface area (Å²) in [5, 5.41) is 12.7. The van der Waals surface area contributed by atoms with Gasteiger partial charge in [0.05, 0.1) is 5.60 Å². The van der Waals surface area contributed by atoms with Gasteiger partial charge in [-0.3, -0.25) is 0 Å². The maximum atomic E-state index is 9.45. The molecule has 1 rings (SSSR count). The molecule has 0 radical (unpaired) electrons. The molecule has 1 heterocycles. The van der Waals surface area contributed by atoms with Crippen LogP contribution in [0, 0.1) is 0 Å². The van der Waals surface area contributed by atoms with Crippen molar-refractivity contribution in [3.05, 3.63) is 0 Å². The van der Waals surface area contributed by atoms with Crippen LogP contribution in [0.3, 0.4) is 0 Å².